The second-order valence-electron chi connectivity index (χ2n) is 6.52. The van der Waals surface area contributed by atoms with Crippen LogP contribution in [0, 0.1) is 5.82 Å². The Hall–Kier alpha value is -3.94. The van der Waals surface area contributed by atoms with Crippen molar-refractivity contribution in [3.8, 4) is 0 Å². The topological polar surface area (TPSA) is 114 Å². The van der Waals surface area contributed by atoms with Gasteiger partial charge in [0.25, 0.3) is 0 Å². The van der Waals surface area contributed by atoms with Crippen LogP contribution >= 0.6 is 0 Å². The van der Waals surface area contributed by atoms with Crippen molar-refractivity contribution in [2.24, 2.45) is 10.7 Å². The molecule has 0 amide bonds. The van der Waals surface area contributed by atoms with Gasteiger partial charge in [0.2, 0.25) is 5.95 Å². The first-order chi connectivity index (χ1) is 14.4. The van der Waals surface area contributed by atoms with E-state index in [9.17, 15) is 4.39 Å². The van der Waals surface area contributed by atoms with Crippen molar-refractivity contribution in [1.82, 2.24) is 9.97 Å². The van der Waals surface area contributed by atoms with Crippen molar-refractivity contribution in [2.45, 2.75) is 13.8 Å². The van der Waals surface area contributed by atoms with Gasteiger partial charge in [0.1, 0.15) is 11.6 Å². The average Bonchev–Trinajstić information content (AvgIpc) is 2.71. The Bertz CT molecular complexity index is 1030. The molecule has 0 fully saturated rings. The first-order valence-electron chi connectivity index (χ1n) is 9.16. The Labute approximate surface area is 175 Å². The van der Waals surface area contributed by atoms with Gasteiger partial charge < -0.3 is 22.1 Å². The van der Waals surface area contributed by atoms with Gasteiger partial charge in [-0.3, -0.25) is 4.99 Å². The molecule has 2 aromatic rings. The van der Waals surface area contributed by atoms with Gasteiger partial charge in [0.05, 0.1) is 11.4 Å². The summed E-state index contributed by atoms with van der Waals surface area (Å²) in [6.45, 7) is 7.84. The number of hydrogen-bond acceptors (Lipinski definition) is 7. The molecule has 0 unspecified atom stereocenters. The smallest absolute Gasteiger partial charge is 0.229 e. The van der Waals surface area contributed by atoms with Crippen LogP contribution < -0.4 is 22.1 Å². The molecule has 7 nitrogen and oxygen atoms in total. The zero-order chi connectivity index (χ0) is 22.1. The predicted octanol–water partition coefficient (Wildman–Crippen LogP) is 4.39. The molecule has 0 spiro atoms. The zero-order valence-corrected chi connectivity index (χ0v) is 17.3. The SMILES string of the molecule is C=C/C(=C\C=C(C)C)c1cnc(N/C(C=NC)=C/N)nc1Nc1cc(N)ccc1F. The number of aliphatic imine (C=N–C) groups is 1. The number of nitrogens with two attached hydrogens (primary N) is 2. The summed E-state index contributed by atoms with van der Waals surface area (Å²) in [5, 5.41) is 5.97. The van der Waals surface area contributed by atoms with Gasteiger partial charge >= 0.3 is 0 Å². The third-order valence-electron chi connectivity index (χ3n) is 3.86. The fourth-order valence-corrected chi connectivity index (χ4v) is 2.42. The van der Waals surface area contributed by atoms with Crippen LogP contribution in [0.1, 0.15) is 19.4 Å². The van der Waals surface area contributed by atoms with E-state index in [1.165, 1.54) is 30.6 Å². The van der Waals surface area contributed by atoms with E-state index >= 15 is 0 Å². The van der Waals surface area contributed by atoms with Gasteiger partial charge in [-0.05, 0) is 37.6 Å². The Kier molecular flexibility index (Phi) is 7.87. The molecule has 0 aliphatic rings. The Morgan fingerprint density at radius 3 is 2.67 bits per heavy atom. The molecule has 1 heterocycles. The van der Waals surface area contributed by atoms with Crippen LogP contribution in [0.5, 0.6) is 0 Å². The summed E-state index contributed by atoms with van der Waals surface area (Å²) < 4.78 is 14.3. The summed E-state index contributed by atoms with van der Waals surface area (Å²) in [5.41, 5.74) is 15.0. The number of nitrogens with one attached hydrogen (secondary N) is 2. The summed E-state index contributed by atoms with van der Waals surface area (Å²) in [4.78, 5) is 12.8. The lowest BCUT2D eigenvalue weighted by atomic mass is 10.1. The number of rotatable bonds is 8. The van der Waals surface area contributed by atoms with Crippen LogP contribution in [0.3, 0.4) is 0 Å². The molecule has 156 valence electrons. The standard InChI is InChI=1S/C22H26FN7/c1-5-15(7-6-14(2)3)18-13-27-22(28-17(11-24)12-26-4)30-21(18)29-20-10-16(25)8-9-19(20)23/h5-13H,1,24-25H2,2-4H3,(H2,27,28,29,30)/b15-7+,17-11+,26-12?. The lowest BCUT2D eigenvalue weighted by molar-refractivity contribution is 0.632. The molecule has 6 N–H and O–H groups in total. The molecule has 0 saturated heterocycles. The van der Waals surface area contributed by atoms with Crippen LogP contribution in [-0.4, -0.2) is 23.2 Å². The quantitative estimate of drug-likeness (QED) is 0.293. The normalized spacial score (nSPS) is 12.0. The van der Waals surface area contributed by atoms with Gasteiger partial charge in [-0.2, -0.15) is 4.98 Å². The number of hydrogen-bond donors (Lipinski definition) is 4. The maximum atomic E-state index is 14.3. The lowest BCUT2D eigenvalue weighted by Crippen LogP contribution is -2.09. The van der Waals surface area contributed by atoms with Crippen LogP contribution in [0.25, 0.3) is 5.57 Å². The van der Waals surface area contributed by atoms with E-state index in [0.717, 1.165) is 11.1 Å². The van der Waals surface area contributed by atoms with Crippen molar-refractivity contribution in [3.05, 3.63) is 78.1 Å². The second-order valence-corrected chi connectivity index (χ2v) is 6.52. The molecular weight excluding hydrogens is 381 g/mol. The lowest BCUT2D eigenvalue weighted by Gasteiger charge is -2.14. The first kappa shape index (κ1) is 22.4. The highest BCUT2D eigenvalue weighted by Crippen LogP contribution is 2.29. The molecule has 0 aliphatic heterocycles. The zero-order valence-electron chi connectivity index (χ0n) is 17.3. The molecule has 0 radical (unpaired) electrons. The van der Waals surface area contributed by atoms with Crippen LogP contribution in [0.4, 0.5) is 27.5 Å². The molecule has 1 aromatic carbocycles. The van der Waals surface area contributed by atoms with E-state index in [2.05, 4.69) is 32.2 Å². The number of nitrogen functional groups attached to an aromatic ring is 1. The average molecular weight is 407 g/mol. The minimum atomic E-state index is -0.461. The third-order valence-corrected chi connectivity index (χ3v) is 3.86. The first-order valence-corrected chi connectivity index (χ1v) is 9.16. The third kappa shape index (κ3) is 6.03. The molecule has 0 saturated carbocycles. The maximum absolute atomic E-state index is 14.3. The minimum Gasteiger partial charge on any atom is -0.403 e. The van der Waals surface area contributed by atoms with E-state index in [1.54, 1.807) is 19.3 Å². The summed E-state index contributed by atoms with van der Waals surface area (Å²) in [6, 6.07) is 4.27. The number of halogens is 1. The molecule has 0 bridgehead atoms. The summed E-state index contributed by atoms with van der Waals surface area (Å²) in [6.07, 6.45) is 10.0. The van der Waals surface area contributed by atoms with Crippen LogP contribution in [-0.2, 0) is 0 Å². The number of anilines is 4. The van der Waals surface area contributed by atoms with Gasteiger partial charge in [-0.25, -0.2) is 9.37 Å². The van der Waals surface area contributed by atoms with E-state index in [4.69, 9.17) is 11.5 Å². The number of allylic oxidation sites excluding steroid dienone is 6. The predicted molar refractivity (Wildman–Crippen MR) is 124 cm³/mol. The van der Waals surface area contributed by atoms with Crippen LogP contribution in [0.2, 0.25) is 0 Å². The monoisotopic (exact) mass is 407 g/mol. The number of aromatic nitrogens is 2. The van der Waals surface area contributed by atoms with Crippen molar-refractivity contribution < 1.29 is 4.39 Å². The van der Waals surface area contributed by atoms with Crippen molar-refractivity contribution in [1.29, 1.82) is 0 Å². The van der Waals surface area contributed by atoms with E-state index in [0.29, 0.717) is 22.8 Å². The van der Waals surface area contributed by atoms with E-state index in [-0.39, 0.29) is 11.6 Å². The molecule has 30 heavy (non-hydrogen) atoms. The maximum Gasteiger partial charge on any atom is 0.229 e. The molecule has 0 aliphatic carbocycles. The molecule has 0 atom stereocenters. The highest BCUT2D eigenvalue weighted by Gasteiger charge is 2.13. The molecule has 8 heteroatoms. The summed E-state index contributed by atoms with van der Waals surface area (Å²) in [5.74, 6) is 0.167. The van der Waals surface area contributed by atoms with Crippen molar-refractivity contribution >= 4 is 34.9 Å². The fourth-order valence-electron chi connectivity index (χ4n) is 2.42. The Morgan fingerprint density at radius 2 is 2.03 bits per heavy atom. The largest absolute Gasteiger partial charge is 0.403 e. The van der Waals surface area contributed by atoms with Crippen molar-refractivity contribution in [2.75, 3.05) is 23.4 Å². The highest BCUT2D eigenvalue weighted by molar-refractivity contribution is 5.84. The van der Waals surface area contributed by atoms with E-state index in [1.807, 2.05) is 26.0 Å². The van der Waals surface area contributed by atoms with Crippen molar-refractivity contribution in [3.63, 3.8) is 0 Å². The molecule has 2 rings (SSSR count). The molecule has 1 aromatic heterocycles. The Balaban J connectivity index is 2.58. The second kappa shape index (κ2) is 10.6. The fraction of sp³-hybridized carbons (Fsp3) is 0.136. The summed E-state index contributed by atoms with van der Waals surface area (Å²) in [7, 11) is 1.62. The van der Waals surface area contributed by atoms with Crippen LogP contribution in [0.15, 0.2) is 71.7 Å². The van der Waals surface area contributed by atoms with Gasteiger partial charge in [-0.1, -0.05) is 30.4 Å². The molecular formula is C22H26FN7. The minimum absolute atomic E-state index is 0.191. The summed E-state index contributed by atoms with van der Waals surface area (Å²) >= 11 is 0. The Morgan fingerprint density at radius 1 is 1.27 bits per heavy atom. The van der Waals surface area contributed by atoms with Gasteiger partial charge in [0, 0.05) is 36.9 Å². The number of nitrogens with zero attached hydrogens (tertiary/aromatic N) is 3. The number of benzene rings is 1. The van der Waals surface area contributed by atoms with E-state index < -0.39 is 5.82 Å². The highest BCUT2D eigenvalue weighted by atomic mass is 19.1. The van der Waals surface area contributed by atoms with Gasteiger partial charge in [0.15, 0.2) is 0 Å². The van der Waals surface area contributed by atoms with Gasteiger partial charge in [-0.15, -0.1) is 0 Å².